The van der Waals surface area contributed by atoms with E-state index in [9.17, 15) is 4.79 Å². The number of H-pyrrole nitrogens is 1. The van der Waals surface area contributed by atoms with Crippen molar-refractivity contribution >= 4 is 5.78 Å². The first kappa shape index (κ1) is 14.3. The third-order valence-electron chi connectivity index (χ3n) is 3.82. The van der Waals surface area contributed by atoms with Gasteiger partial charge in [-0.25, -0.2) is 0 Å². The number of aryl methyl sites for hydroxylation is 2. The first-order valence-electron chi connectivity index (χ1n) is 7.24. The normalized spacial score (nSPS) is 17.8. The lowest BCUT2D eigenvalue weighted by molar-refractivity contribution is 0.0852. The molecule has 4 heteroatoms. The number of aromatic amines is 1. The number of hydrogen-bond acceptors (Lipinski definition) is 3. The summed E-state index contributed by atoms with van der Waals surface area (Å²) in [6, 6.07) is 1.96. The highest BCUT2D eigenvalue weighted by atomic mass is 16.1. The number of hydrogen-bond donors (Lipinski definition) is 1. The molecule has 0 bridgehead atoms. The highest BCUT2D eigenvalue weighted by Gasteiger charge is 2.20. The third kappa shape index (κ3) is 3.67. The van der Waals surface area contributed by atoms with Gasteiger partial charge in [0.1, 0.15) is 0 Å². The number of aromatic nitrogens is 1. The Morgan fingerprint density at radius 1 is 1.21 bits per heavy atom. The molecule has 0 unspecified atom stereocenters. The molecule has 106 valence electrons. The minimum Gasteiger partial charge on any atom is -0.362 e. The quantitative estimate of drug-likeness (QED) is 0.824. The molecular weight excluding hydrogens is 238 g/mol. The zero-order valence-electron chi connectivity index (χ0n) is 12.3. The van der Waals surface area contributed by atoms with E-state index in [0.717, 1.165) is 43.1 Å². The second-order valence-corrected chi connectivity index (χ2v) is 5.53. The van der Waals surface area contributed by atoms with Crippen molar-refractivity contribution in [3.05, 3.63) is 23.0 Å². The predicted molar refractivity (Wildman–Crippen MR) is 77.8 cm³/mol. The molecule has 1 aliphatic heterocycles. The molecule has 0 amide bonds. The first-order valence-corrected chi connectivity index (χ1v) is 7.24. The van der Waals surface area contributed by atoms with Crippen molar-refractivity contribution in [1.82, 2.24) is 14.8 Å². The second kappa shape index (κ2) is 6.35. The van der Waals surface area contributed by atoms with E-state index in [4.69, 9.17) is 0 Å². The molecule has 1 aliphatic rings. The number of carbonyl (C=O) groups excluding carboxylic acids is 1. The number of nitrogens with one attached hydrogen (secondary N) is 1. The van der Waals surface area contributed by atoms with Crippen LogP contribution < -0.4 is 0 Å². The van der Waals surface area contributed by atoms with E-state index < -0.39 is 0 Å². The molecule has 1 aromatic rings. The zero-order valence-corrected chi connectivity index (χ0v) is 12.3. The molecule has 0 radical (unpaired) electrons. The maximum absolute atomic E-state index is 12.3. The van der Waals surface area contributed by atoms with Gasteiger partial charge in [-0.1, -0.05) is 6.92 Å². The summed E-state index contributed by atoms with van der Waals surface area (Å²) in [6.07, 6.45) is 1.21. The molecule has 0 aromatic carbocycles. The zero-order chi connectivity index (χ0) is 13.8. The molecule has 2 heterocycles. The fourth-order valence-corrected chi connectivity index (χ4v) is 2.79. The van der Waals surface area contributed by atoms with Crippen LogP contribution in [0.5, 0.6) is 0 Å². The van der Waals surface area contributed by atoms with Crippen molar-refractivity contribution in [2.24, 2.45) is 0 Å². The van der Waals surface area contributed by atoms with E-state index in [2.05, 4.69) is 21.7 Å². The van der Waals surface area contributed by atoms with Crippen LogP contribution in [0.15, 0.2) is 6.07 Å². The smallest absolute Gasteiger partial charge is 0.178 e. The van der Waals surface area contributed by atoms with Gasteiger partial charge < -0.3 is 9.88 Å². The Balaban J connectivity index is 1.85. The summed E-state index contributed by atoms with van der Waals surface area (Å²) in [5.41, 5.74) is 2.91. The lowest BCUT2D eigenvalue weighted by atomic mass is 10.1. The summed E-state index contributed by atoms with van der Waals surface area (Å²) in [7, 11) is 0. The SMILES string of the molecule is CCCN1CCN(CC(=O)c2cc(C)[nH]c2C)CC1. The fraction of sp³-hybridized carbons (Fsp3) is 0.667. The summed E-state index contributed by atoms with van der Waals surface area (Å²) in [5, 5.41) is 0. The highest BCUT2D eigenvalue weighted by Crippen LogP contribution is 2.12. The van der Waals surface area contributed by atoms with Crippen molar-refractivity contribution < 1.29 is 4.79 Å². The minimum atomic E-state index is 0.241. The average Bonchev–Trinajstić information content (AvgIpc) is 2.71. The number of nitrogens with zero attached hydrogens (tertiary/aromatic N) is 2. The Morgan fingerprint density at radius 3 is 2.37 bits per heavy atom. The van der Waals surface area contributed by atoms with E-state index >= 15 is 0 Å². The van der Waals surface area contributed by atoms with Gasteiger partial charge in [-0.15, -0.1) is 0 Å². The van der Waals surface area contributed by atoms with Gasteiger partial charge in [-0.2, -0.15) is 0 Å². The van der Waals surface area contributed by atoms with E-state index in [1.807, 2.05) is 19.9 Å². The van der Waals surface area contributed by atoms with Gasteiger partial charge in [0.15, 0.2) is 5.78 Å². The summed E-state index contributed by atoms with van der Waals surface area (Å²) >= 11 is 0. The van der Waals surface area contributed by atoms with Crippen molar-refractivity contribution in [2.75, 3.05) is 39.3 Å². The average molecular weight is 263 g/mol. The van der Waals surface area contributed by atoms with Gasteiger partial charge in [0.05, 0.1) is 6.54 Å². The Morgan fingerprint density at radius 2 is 1.84 bits per heavy atom. The number of carbonyl (C=O) groups is 1. The van der Waals surface area contributed by atoms with Crippen molar-refractivity contribution in [3.8, 4) is 0 Å². The van der Waals surface area contributed by atoms with E-state index in [1.165, 1.54) is 13.0 Å². The molecule has 1 saturated heterocycles. The number of ketones is 1. The standard InChI is InChI=1S/C15H25N3O/c1-4-5-17-6-8-18(9-7-17)11-15(19)14-10-12(2)16-13(14)3/h10,16H,4-9,11H2,1-3H3. The predicted octanol–water partition coefficient (Wildman–Crippen LogP) is 1.84. The summed E-state index contributed by atoms with van der Waals surface area (Å²) in [5.74, 6) is 0.241. The third-order valence-corrected chi connectivity index (χ3v) is 3.82. The Labute approximate surface area is 115 Å². The van der Waals surface area contributed by atoms with E-state index in [-0.39, 0.29) is 5.78 Å². The molecule has 19 heavy (non-hydrogen) atoms. The van der Waals surface area contributed by atoms with Gasteiger partial charge in [-0.05, 0) is 32.9 Å². The van der Waals surface area contributed by atoms with Crippen molar-refractivity contribution in [2.45, 2.75) is 27.2 Å². The van der Waals surface area contributed by atoms with Crippen LogP contribution in [0.25, 0.3) is 0 Å². The van der Waals surface area contributed by atoms with E-state index in [1.54, 1.807) is 0 Å². The highest BCUT2D eigenvalue weighted by molar-refractivity contribution is 5.98. The largest absolute Gasteiger partial charge is 0.362 e. The summed E-state index contributed by atoms with van der Waals surface area (Å²) < 4.78 is 0. The van der Waals surface area contributed by atoms with Crippen molar-refractivity contribution in [1.29, 1.82) is 0 Å². The molecule has 0 aliphatic carbocycles. The minimum absolute atomic E-state index is 0.241. The van der Waals surface area contributed by atoms with Gasteiger partial charge in [0.2, 0.25) is 0 Å². The van der Waals surface area contributed by atoms with Crippen LogP contribution in [0.2, 0.25) is 0 Å². The number of rotatable bonds is 5. The molecule has 0 saturated carbocycles. The van der Waals surface area contributed by atoms with Crippen LogP contribution in [0, 0.1) is 13.8 Å². The van der Waals surface area contributed by atoms with Gasteiger partial charge >= 0.3 is 0 Å². The number of piperazine rings is 1. The molecule has 1 fully saturated rings. The Hall–Kier alpha value is -1.13. The van der Waals surface area contributed by atoms with Crippen LogP contribution in [0.3, 0.4) is 0 Å². The molecule has 0 spiro atoms. The molecule has 2 rings (SSSR count). The lowest BCUT2D eigenvalue weighted by Gasteiger charge is -2.34. The second-order valence-electron chi connectivity index (χ2n) is 5.53. The Kier molecular flexibility index (Phi) is 4.77. The molecule has 0 atom stereocenters. The topological polar surface area (TPSA) is 39.3 Å². The van der Waals surface area contributed by atoms with Gasteiger partial charge in [-0.3, -0.25) is 9.69 Å². The van der Waals surface area contributed by atoms with Gasteiger partial charge in [0.25, 0.3) is 0 Å². The fourth-order valence-electron chi connectivity index (χ4n) is 2.79. The lowest BCUT2D eigenvalue weighted by Crippen LogP contribution is -2.47. The van der Waals surface area contributed by atoms with E-state index in [0.29, 0.717) is 6.54 Å². The monoisotopic (exact) mass is 263 g/mol. The Bertz CT molecular complexity index is 431. The molecular formula is C15H25N3O. The van der Waals surface area contributed by atoms with Crippen LogP contribution in [-0.4, -0.2) is 59.8 Å². The molecule has 1 aromatic heterocycles. The summed E-state index contributed by atoms with van der Waals surface area (Å²) in [6.45, 7) is 12.1. The summed E-state index contributed by atoms with van der Waals surface area (Å²) in [4.78, 5) is 20.2. The van der Waals surface area contributed by atoms with Crippen molar-refractivity contribution in [3.63, 3.8) is 0 Å². The maximum atomic E-state index is 12.3. The number of Topliss-reactive ketones (excluding diaryl/α,β-unsaturated/α-hetero) is 1. The first-order chi connectivity index (χ1) is 9.10. The van der Waals surface area contributed by atoms with Gasteiger partial charge in [0, 0.05) is 43.1 Å². The van der Waals surface area contributed by atoms with Crippen LogP contribution >= 0.6 is 0 Å². The van der Waals surface area contributed by atoms with Crippen LogP contribution in [0.4, 0.5) is 0 Å². The molecule has 1 N–H and O–H groups in total. The maximum Gasteiger partial charge on any atom is 0.178 e. The van der Waals surface area contributed by atoms with Crippen LogP contribution in [0.1, 0.15) is 35.1 Å². The molecule has 4 nitrogen and oxygen atoms in total. The van der Waals surface area contributed by atoms with Crippen LogP contribution in [-0.2, 0) is 0 Å².